The van der Waals surface area contributed by atoms with Gasteiger partial charge in [0.1, 0.15) is 5.71 Å². The van der Waals surface area contributed by atoms with Gasteiger partial charge in [-0.2, -0.15) is 10.2 Å². The molecule has 26 heavy (non-hydrogen) atoms. The summed E-state index contributed by atoms with van der Waals surface area (Å²) in [5.74, 6) is -1.49. The molecule has 0 saturated heterocycles. The highest BCUT2D eigenvalue weighted by atomic mass is 19.3. The molecule has 2 heterocycles. The van der Waals surface area contributed by atoms with E-state index >= 15 is 0 Å². The normalized spacial score (nSPS) is 17.9. The van der Waals surface area contributed by atoms with E-state index in [-0.39, 0.29) is 12.1 Å². The van der Waals surface area contributed by atoms with Gasteiger partial charge in [0.2, 0.25) is 5.95 Å². The number of hydrogen-bond donors (Lipinski definition) is 1. The van der Waals surface area contributed by atoms with E-state index in [0.717, 1.165) is 18.9 Å². The monoisotopic (exact) mass is 363 g/mol. The SMILES string of the molecule is Fc1ccc(C2(Nc3ncc(C4=NN=C(C(F)F)C4)cn3)CC2)cc1F. The first-order valence-corrected chi connectivity index (χ1v) is 7.94. The van der Waals surface area contributed by atoms with Crippen molar-refractivity contribution in [3.8, 4) is 0 Å². The summed E-state index contributed by atoms with van der Waals surface area (Å²) in [5.41, 5.74) is 0.713. The van der Waals surface area contributed by atoms with Gasteiger partial charge in [-0.3, -0.25) is 0 Å². The Bertz CT molecular complexity index is 904. The van der Waals surface area contributed by atoms with Crippen LogP contribution in [0.3, 0.4) is 0 Å². The average molecular weight is 363 g/mol. The summed E-state index contributed by atoms with van der Waals surface area (Å²) in [6.07, 6.45) is 1.75. The molecule has 0 radical (unpaired) electrons. The molecule has 2 aliphatic rings. The fourth-order valence-corrected chi connectivity index (χ4v) is 2.81. The van der Waals surface area contributed by atoms with E-state index in [9.17, 15) is 17.6 Å². The first kappa shape index (κ1) is 16.6. The smallest absolute Gasteiger partial charge is 0.278 e. The largest absolute Gasteiger partial charge is 0.345 e. The molecule has 9 heteroatoms. The fourth-order valence-electron chi connectivity index (χ4n) is 2.81. The maximum Gasteiger partial charge on any atom is 0.278 e. The van der Waals surface area contributed by atoms with Crippen LogP contribution in [0, 0.1) is 11.6 Å². The molecule has 1 saturated carbocycles. The number of anilines is 1. The van der Waals surface area contributed by atoms with Crippen molar-refractivity contribution in [2.24, 2.45) is 10.2 Å². The number of alkyl halides is 2. The summed E-state index contributed by atoms with van der Waals surface area (Å²) in [4.78, 5) is 8.35. The van der Waals surface area contributed by atoms with Crippen LogP contribution in [-0.4, -0.2) is 27.8 Å². The van der Waals surface area contributed by atoms with Gasteiger partial charge in [0.15, 0.2) is 11.6 Å². The zero-order chi connectivity index (χ0) is 18.3. The Hall–Kier alpha value is -2.84. The summed E-state index contributed by atoms with van der Waals surface area (Å²) in [5, 5.41) is 10.3. The Balaban J connectivity index is 1.47. The standard InChI is InChI=1S/C17H13F4N5/c18-11-2-1-10(5-12(11)19)17(3-4-17)24-16-22-7-9(8-23-16)13-6-14(15(20)21)26-25-13/h1-2,5,7-8,15H,3-4,6H2,(H,22,23,24). The van der Waals surface area contributed by atoms with Gasteiger partial charge >= 0.3 is 0 Å². The first-order valence-electron chi connectivity index (χ1n) is 7.94. The summed E-state index contributed by atoms with van der Waals surface area (Å²) in [6.45, 7) is 0. The van der Waals surface area contributed by atoms with Crippen LogP contribution in [0.4, 0.5) is 23.5 Å². The topological polar surface area (TPSA) is 62.5 Å². The van der Waals surface area contributed by atoms with E-state index in [1.807, 2.05) is 0 Å². The van der Waals surface area contributed by atoms with E-state index in [2.05, 4.69) is 25.5 Å². The third-order valence-electron chi connectivity index (χ3n) is 4.46. The Labute approximate surface area is 145 Å². The van der Waals surface area contributed by atoms with Gasteiger partial charge in [-0.15, -0.1) is 0 Å². The Morgan fingerprint density at radius 1 is 1.00 bits per heavy atom. The number of hydrogen-bond acceptors (Lipinski definition) is 5. The summed E-state index contributed by atoms with van der Waals surface area (Å²) >= 11 is 0. The highest BCUT2D eigenvalue weighted by molar-refractivity contribution is 6.15. The molecule has 1 aromatic carbocycles. The molecule has 1 aromatic heterocycles. The number of halogens is 4. The van der Waals surface area contributed by atoms with E-state index in [1.54, 1.807) is 0 Å². The quantitative estimate of drug-likeness (QED) is 0.825. The van der Waals surface area contributed by atoms with E-state index in [1.165, 1.54) is 24.5 Å². The van der Waals surface area contributed by atoms with Gasteiger partial charge in [0, 0.05) is 24.4 Å². The van der Waals surface area contributed by atoms with Gasteiger partial charge in [-0.1, -0.05) is 6.07 Å². The lowest BCUT2D eigenvalue weighted by Gasteiger charge is -2.18. The number of aromatic nitrogens is 2. The zero-order valence-corrected chi connectivity index (χ0v) is 13.4. The molecular weight excluding hydrogens is 350 g/mol. The second-order valence-electron chi connectivity index (χ2n) is 6.25. The van der Waals surface area contributed by atoms with Crippen LogP contribution in [0.25, 0.3) is 0 Å². The van der Waals surface area contributed by atoms with Crippen molar-refractivity contribution in [1.29, 1.82) is 0 Å². The van der Waals surface area contributed by atoms with E-state index < -0.39 is 23.6 Å². The summed E-state index contributed by atoms with van der Waals surface area (Å²) in [7, 11) is 0. The van der Waals surface area contributed by atoms with Crippen LogP contribution in [-0.2, 0) is 5.54 Å². The van der Waals surface area contributed by atoms with Gasteiger partial charge in [-0.05, 0) is 30.5 Å². The third-order valence-corrected chi connectivity index (χ3v) is 4.46. The first-order chi connectivity index (χ1) is 12.5. The van der Waals surface area contributed by atoms with Crippen molar-refractivity contribution in [3.63, 3.8) is 0 Å². The highest BCUT2D eigenvalue weighted by Crippen LogP contribution is 2.48. The molecule has 0 atom stereocenters. The maximum atomic E-state index is 13.5. The molecule has 2 aromatic rings. The van der Waals surface area contributed by atoms with Crippen molar-refractivity contribution in [1.82, 2.24) is 9.97 Å². The van der Waals surface area contributed by atoms with Crippen molar-refractivity contribution in [2.75, 3.05) is 5.32 Å². The van der Waals surface area contributed by atoms with Crippen molar-refractivity contribution >= 4 is 17.4 Å². The lowest BCUT2D eigenvalue weighted by atomic mass is 10.0. The Morgan fingerprint density at radius 2 is 1.73 bits per heavy atom. The van der Waals surface area contributed by atoms with Crippen LogP contribution in [0.15, 0.2) is 40.8 Å². The van der Waals surface area contributed by atoms with Crippen molar-refractivity contribution in [3.05, 3.63) is 53.4 Å². The molecule has 0 bridgehead atoms. The summed E-state index contributed by atoms with van der Waals surface area (Å²) in [6, 6.07) is 3.79. The van der Waals surface area contributed by atoms with Gasteiger partial charge in [0.05, 0.1) is 11.3 Å². The third kappa shape index (κ3) is 3.04. The number of benzene rings is 1. The van der Waals surface area contributed by atoms with E-state index in [0.29, 0.717) is 22.8 Å². The molecule has 1 N–H and O–H groups in total. The van der Waals surface area contributed by atoms with Crippen LogP contribution in [0.2, 0.25) is 0 Å². The lowest BCUT2D eigenvalue weighted by Crippen LogP contribution is -2.21. The average Bonchev–Trinajstić information content (AvgIpc) is 3.22. The number of nitrogens with one attached hydrogen (secondary N) is 1. The number of rotatable bonds is 5. The summed E-state index contributed by atoms with van der Waals surface area (Å²) < 4.78 is 51.8. The lowest BCUT2D eigenvalue weighted by molar-refractivity contribution is 0.224. The zero-order valence-electron chi connectivity index (χ0n) is 13.4. The molecule has 1 aliphatic carbocycles. The predicted molar refractivity (Wildman–Crippen MR) is 87.5 cm³/mol. The second-order valence-corrected chi connectivity index (χ2v) is 6.25. The predicted octanol–water partition coefficient (Wildman–Crippen LogP) is 3.67. The molecular formula is C17H13F4N5. The molecule has 1 aliphatic heterocycles. The Kier molecular flexibility index (Phi) is 3.93. The van der Waals surface area contributed by atoms with Crippen LogP contribution in [0.1, 0.15) is 30.4 Å². The van der Waals surface area contributed by atoms with E-state index in [4.69, 9.17) is 0 Å². The second kappa shape index (κ2) is 6.15. The fraction of sp³-hybridized carbons (Fsp3) is 0.294. The van der Waals surface area contributed by atoms with Crippen LogP contribution >= 0.6 is 0 Å². The van der Waals surface area contributed by atoms with Crippen molar-refractivity contribution in [2.45, 2.75) is 31.2 Å². The Morgan fingerprint density at radius 3 is 2.31 bits per heavy atom. The molecule has 134 valence electrons. The van der Waals surface area contributed by atoms with Crippen LogP contribution < -0.4 is 5.32 Å². The van der Waals surface area contributed by atoms with Gasteiger partial charge in [-0.25, -0.2) is 27.5 Å². The molecule has 1 fully saturated rings. The molecule has 5 nitrogen and oxygen atoms in total. The minimum absolute atomic E-state index is 0.0351. The minimum Gasteiger partial charge on any atom is -0.345 e. The van der Waals surface area contributed by atoms with Crippen molar-refractivity contribution < 1.29 is 17.6 Å². The van der Waals surface area contributed by atoms with Crippen LogP contribution in [0.5, 0.6) is 0 Å². The highest BCUT2D eigenvalue weighted by Gasteiger charge is 2.45. The minimum atomic E-state index is -2.64. The molecule has 4 rings (SSSR count). The molecule has 0 unspecified atom stereocenters. The number of nitrogens with zero attached hydrogens (tertiary/aromatic N) is 4. The molecule has 0 amide bonds. The van der Waals surface area contributed by atoms with Gasteiger partial charge < -0.3 is 5.32 Å². The molecule has 0 spiro atoms. The van der Waals surface area contributed by atoms with Gasteiger partial charge in [0.25, 0.3) is 6.43 Å². The maximum absolute atomic E-state index is 13.5.